The molecule has 0 saturated heterocycles. The lowest BCUT2D eigenvalue weighted by atomic mass is 10.2. The Kier molecular flexibility index (Phi) is 7.33. The summed E-state index contributed by atoms with van der Waals surface area (Å²) < 4.78 is 15.8. The van der Waals surface area contributed by atoms with Crippen molar-refractivity contribution in [3.8, 4) is 11.5 Å². The molecule has 0 aromatic heterocycles. The average Bonchev–Trinajstić information content (AvgIpc) is 2.63. The second-order valence-electron chi connectivity index (χ2n) is 5.63. The van der Waals surface area contributed by atoms with Gasteiger partial charge in [-0.1, -0.05) is 23.2 Å². The summed E-state index contributed by atoms with van der Waals surface area (Å²) in [5.41, 5.74) is 0.378. The molecule has 6 nitrogen and oxygen atoms in total. The van der Waals surface area contributed by atoms with Gasteiger partial charge >= 0.3 is 5.97 Å². The molecular formula is C19H19Cl2NO5. The molecule has 0 radical (unpaired) electrons. The number of anilines is 1. The number of carbonyl (C=O) groups is 2. The number of amides is 1. The summed E-state index contributed by atoms with van der Waals surface area (Å²) in [6.07, 6.45) is -1.94. The molecule has 27 heavy (non-hydrogen) atoms. The molecule has 0 spiro atoms. The molecule has 0 saturated carbocycles. The molecule has 1 N–H and O–H groups in total. The van der Waals surface area contributed by atoms with Crippen molar-refractivity contribution in [1.82, 2.24) is 0 Å². The number of ether oxygens (including phenoxy) is 3. The fourth-order valence-corrected chi connectivity index (χ4v) is 2.40. The first kappa shape index (κ1) is 20.9. The minimum atomic E-state index is -1.04. The second-order valence-corrected chi connectivity index (χ2v) is 6.50. The Morgan fingerprint density at radius 3 is 2.22 bits per heavy atom. The predicted octanol–water partition coefficient (Wildman–Crippen LogP) is 4.34. The standard InChI is InChI=1S/C19H19Cl2NO5/c1-11(18(23)22-16-10-14(21)6-9-17(16)25-3)27-19(24)12(2)26-15-7-4-13(20)5-8-15/h4-12H,1-3H3,(H,22,23)/t11-,12-/m0/s1. The molecular weight excluding hydrogens is 393 g/mol. The zero-order valence-corrected chi connectivity index (χ0v) is 16.5. The number of rotatable bonds is 7. The van der Waals surface area contributed by atoms with Crippen LogP contribution in [0, 0.1) is 0 Å². The second kappa shape index (κ2) is 9.48. The molecule has 2 aromatic carbocycles. The summed E-state index contributed by atoms with van der Waals surface area (Å²) in [6.45, 7) is 2.99. The van der Waals surface area contributed by atoms with Crippen LogP contribution in [0.25, 0.3) is 0 Å². The Morgan fingerprint density at radius 1 is 0.963 bits per heavy atom. The van der Waals surface area contributed by atoms with Crippen molar-refractivity contribution >= 4 is 40.8 Å². The largest absolute Gasteiger partial charge is 0.495 e. The van der Waals surface area contributed by atoms with Crippen LogP contribution in [-0.2, 0) is 14.3 Å². The number of benzene rings is 2. The van der Waals surface area contributed by atoms with Crippen LogP contribution in [0.2, 0.25) is 10.0 Å². The summed E-state index contributed by atoms with van der Waals surface area (Å²) in [5, 5.41) is 3.61. The Bertz CT molecular complexity index is 810. The third-order valence-electron chi connectivity index (χ3n) is 3.54. The molecule has 2 aromatic rings. The number of nitrogens with one attached hydrogen (secondary N) is 1. The van der Waals surface area contributed by atoms with Crippen LogP contribution < -0.4 is 14.8 Å². The highest BCUT2D eigenvalue weighted by Gasteiger charge is 2.24. The van der Waals surface area contributed by atoms with Crippen LogP contribution in [0.4, 0.5) is 5.69 Å². The van der Waals surface area contributed by atoms with Gasteiger partial charge in [0.2, 0.25) is 0 Å². The van der Waals surface area contributed by atoms with E-state index in [2.05, 4.69) is 5.32 Å². The highest BCUT2D eigenvalue weighted by molar-refractivity contribution is 6.31. The Labute approximate surface area is 167 Å². The fourth-order valence-electron chi connectivity index (χ4n) is 2.10. The number of halogens is 2. The van der Waals surface area contributed by atoms with Crippen LogP contribution in [-0.4, -0.2) is 31.2 Å². The van der Waals surface area contributed by atoms with Crippen molar-refractivity contribution < 1.29 is 23.8 Å². The highest BCUT2D eigenvalue weighted by atomic mass is 35.5. The summed E-state index contributed by atoms with van der Waals surface area (Å²) in [5.74, 6) is -0.302. The van der Waals surface area contributed by atoms with Crippen molar-refractivity contribution in [1.29, 1.82) is 0 Å². The van der Waals surface area contributed by atoms with E-state index in [0.717, 1.165) is 0 Å². The molecule has 1 amide bonds. The van der Waals surface area contributed by atoms with Crippen molar-refractivity contribution in [2.24, 2.45) is 0 Å². The van der Waals surface area contributed by atoms with Crippen molar-refractivity contribution in [2.45, 2.75) is 26.1 Å². The third kappa shape index (κ3) is 6.05. The van der Waals surface area contributed by atoms with E-state index in [0.29, 0.717) is 27.2 Å². The van der Waals surface area contributed by atoms with Crippen LogP contribution in [0.15, 0.2) is 42.5 Å². The van der Waals surface area contributed by atoms with E-state index in [1.165, 1.54) is 21.0 Å². The smallest absolute Gasteiger partial charge is 0.347 e. The summed E-state index contributed by atoms with van der Waals surface area (Å²) in [6, 6.07) is 11.3. The molecule has 2 atom stereocenters. The van der Waals surface area contributed by atoms with E-state index < -0.39 is 24.1 Å². The molecule has 0 heterocycles. The van der Waals surface area contributed by atoms with E-state index in [1.54, 1.807) is 42.5 Å². The van der Waals surface area contributed by atoms with E-state index >= 15 is 0 Å². The van der Waals surface area contributed by atoms with Crippen molar-refractivity contribution in [2.75, 3.05) is 12.4 Å². The van der Waals surface area contributed by atoms with Gasteiger partial charge in [0.15, 0.2) is 12.2 Å². The zero-order valence-electron chi connectivity index (χ0n) is 15.0. The van der Waals surface area contributed by atoms with Crippen LogP contribution >= 0.6 is 23.2 Å². The summed E-state index contributed by atoms with van der Waals surface area (Å²) >= 11 is 11.7. The topological polar surface area (TPSA) is 73.9 Å². The van der Waals surface area contributed by atoms with Gasteiger partial charge in [0.25, 0.3) is 5.91 Å². The maximum Gasteiger partial charge on any atom is 0.347 e. The lowest BCUT2D eigenvalue weighted by Crippen LogP contribution is -2.35. The number of carbonyl (C=O) groups excluding carboxylic acids is 2. The minimum absolute atomic E-state index is 0.378. The van der Waals surface area contributed by atoms with Gasteiger partial charge in [-0.3, -0.25) is 4.79 Å². The Hall–Kier alpha value is -2.44. The van der Waals surface area contributed by atoms with E-state index in [9.17, 15) is 9.59 Å². The van der Waals surface area contributed by atoms with Gasteiger partial charge in [-0.25, -0.2) is 4.79 Å². The zero-order chi connectivity index (χ0) is 20.0. The predicted molar refractivity (Wildman–Crippen MR) is 104 cm³/mol. The molecule has 0 fully saturated rings. The number of hydrogen-bond acceptors (Lipinski definition) is 5. The SMILES string of the molecule is COc1ccc(Cl)cc1NC(=O)[C@H](C)OC(=O)[C@H](C)Oc1ccc(Cl)cc1. The van der Waals surface area contributed by atoms with Gasteiger partial charge in [0, 0.05) is 10.0 Å². The Morgan fingerprint density at radius 2 is 1.59 bits per heavy atom. The fraction of sp³-hybridized carbons (Fsp3) is 0.263. The molecule has 0 aliphatic rings. The molecule has 0 unspecified atom stereocenters. The molecule has 0 aliphatic heterocycles. The van der Waals surface area contributed by atoms with Gasteiger partial charge in [0.05, 0.1) is 12.8 Å². The lowest BCUT2D eigenvalue weighted by molar-refractivity contribution is -0.159. The summed E-state index contributed by atoms with van der Waals surface area (Å²) in [4.78, 5) is 24.5. The van der Waals surface area contributed by atoms with Gasteiger partial charge in [-0.15, -0.1) is 0 Å². The quantitative estimate of drug-likeness (QED) is 0.685. The number of methoxy groups -OCH3 is 1. The molecule has 2 rings (SSSR count). The number of hydrogen-bond donors (Lipinski definition) is 1. The first-order valence-electron chi connectivity index (χ1n) is 8.07. The molecule has 0 aliphatic carbocycles. The maximum atomic E-state index is 12.3. The van der Waals surface area contributed by atoms with Gasteiger partial charge in [-0.2, -0.15) is 0 Å². The van der Waals surface area contributed by atoms with E-state index in [4.69, 9.17) is 37.4 Å². The van der Waals surface area contributed by atoms with E-state index in [1.807, 2.05) is 0 Å². The Balaban J connectivity index is 1.94. The molecule has 8 heteroatoms. The molecule has 0 bridgehead atoms. The van der Waals surface area contributed by atoms with Crippen molar-refractivity contribution in [3.05, 3.63) is 52.5 Å². The molecule has 144 valence electrons. The number of esters is 1. The van der Waals surface area contributed by atoms with Crippen molar-refractivity contribution in [3.63, 3.8) is 0 Å². The van der Waals surface area contributed by atoms with Gasteiger partial charge in [-0.05, 0) is 56.3 Å². The first-order chi connectivity index (χ1) is 12.8. The first-order valence-corrected chi connectivity index (χ1v) is 8.83. The lowest BCUT2D eigenvalue weighted by Gasteiger charge is -2.18. The normalized spacial score (nSPS) is 12.6. The van der Waals surface area contributed by atoms with E-state index in [-0.39, 0.29) is 0 Å². The van der Waals surface area contributed by atoms with Crippen LogP contribution in [0.3, 0.4) is 0 Å². The van der Waals surface area contributed by atoms with Gasteiger partial charge < -0.3 is 19.5 Å². The maximum absolute atomic E-state index is 12.3. The minimum Gasteiger partial charge on any atom is -0.495 e. The average molecular weight is 412 g/mol. The van der Waals surface area contributed by atoms with Gasteiger partial charge in [0.1, 0.15) is 11.5 Å². The van der Waals surface area contributed by atoms with Crippen LogP contribution in [0.5, 0.6) is 11.5 Å². The summed E-state index contributed by atoms with van der Waals surface area (Å²) in [7, 11) is 1.47. The van der Waals surface area contributed by atoms with Crippen LogP contribution in [0.1, 0.15) is 13.8 Å². The monoisotopic (exact) mass is 411 g/mol. The highest BCUT2D eigenvalue weighted by Crippen LogP contribution is 2.28. The third-order valence-corrected chi connectivity index (χ3v) is 4.03.